The molecule has 2 aromatic rings. The van der Waals surface area contributed by atoms with Crippen LogP contribution in [0, 0.1) is 0 Å². The number of hydrogen-bond donors (Lipinski definition) is 2. The molecule has 24 heavy (non-hydrogen) atoms. The third-order valence-electron chi connectivity index (χ3n) is 3.31. The Morgan fingerprint density at radius 1 is 1.04 bits per heavy atom. The first-order chi connectivity index (χ1) is 11.5. The first-order valence-electron chi connectivity index (χ1n) is 7.40. The highest BCUT2D eigenvalue weighted by molar-refractivity contribution is 5.96. The van der Waals surface area contributed by atoms with E-state index in [1.807, 2.05) is 30.3 Å². The molecule has 0 saturated carbocycles. The van der Waals surface area contributed by atoms with E-state index >= 15 is 0 Å². The average Bonchev–Trinajstić information content (AvgIpc) is 2.56. The Bertz CT molecular complexity index is 726. The van der Waals surface area contributed by atoms with Gasteiger partial charge in [0.1, 0.15) is 0 Å². The Balaban J connectivity index is 1.87. The van der Waals surface area contributed by atoms with E-state index in [2.05, 4.69) is 5.32 Å². The molecule has 1 unspecified atom stereocenters. The van der Waals surface area contributed by atoms with Gasteiger partial charge in [0.15, 0.2) is 6.10 Å². The molecule has 0 aliphatic rings. The summed E-state index contributed by atoms with van der Waals surface area (Å²) in [6.45, 7) is 1.50. The fourth-order valence-corrected chi connectivity index (χ4v) is 2.02. The topological polar surface area (TPSA) is 98.5 Å². The molecule has 0 spiro atoms. The lowest BCUT2D eigenvalue weighted by Crippen LogP contribution is -2.30. The molecule has 0 radical (unpaired) electrons. The molecular formula is C18H18N2O4. The number of ether oxygens (including phenoxy) is 1. The first-order valence-corrected chi connectivity index (χ1v) is 7.40. The highest BCUT2D eigenvalue weighted by Gasteiger charge is 2.18. The highest BCUT2D eigenvalue weighted by Crippen LogP contribution is 2.10. The van der Waals surface area contributed by atoms with Crippen LogP contribution in [0.2, 0.25) is 0 Å². The lowest BCUT2D eigenvalue weighted by Gasteiger charge is -2.13. The van der Waals surface area contributed by atoms with Gasteiger partial charge in [-0.2, -0.15) is 0 Å². The van der Waals surface area contributed by atoms with Crippen LogP contribution < -0.4 is 11.1 Å². The Labute approximate surface area is 139 Å². The summed E-state index contributed by atoms with van der Waals surface area (Å²) in [4.78, 5) is 34.9. The summed E-state index contributed by atoms with van der Waals surface area (Å²) >= 11 is 0. The van der Waals surface area contributed by atoms with E-state index in [1.165, 1.54) is 19.1 Å². The third-order valence-corrected chi connectivity index (χ3v) is 3.31. The van der Waals surface area contributed by atoms with Crippen LogP contribution in [-0.2, 0) is 20.7 Å². The maximum atomic E-state index is 12.0. The van der Waals surface area contributed by atoms with Gasteiger partial charge < -0.3 is 15.8 Å². The van der Waals surface area contributed by atoms with E-state index in [4.69, 9.17) is 10.5 Å². The molecule has 0 aliphatic carbocycles. The molecule has 2 rings (SSSR count). The molecule has 0 bridgehead atoms. The smallest absolute Gasteiger partial charge is 0.311 e. The molecule has 0 aliphatic heterocycles. The van der Waals surface area contributed by atoms with Gasteiger partial charge in [0.05, 0.1) is 6.42 Å². The normalized spacial score (nSPS) is 11.4. The minimum Gasteiger partial charge on any atom is -0.452 e. The average molecular weight is 326 g/mol. The van der Waals surface area contributed by atoms with Gasteiger partial charge >= 0.3 is 5.97 Å². The standard InChI is InChI=1S/C18H18N2O4/c1-12(24-16(21)11-13-5-3-2-4-6-13)18(23)20-15-9-7-14(8-10-15)17(19)22/h2-10,12H,11H2,1H3,(H2,19,22)(H,20,23). The van der Waals surface area contributed by atoms with Crippen molar-refractivity contribution in [1.82, 2.24) is 0 Å². The molecule has 3 N–H and O–H groups in total. The molecule has 6 heteroatoms. The molecule has 2 aromatic carbocycles. The van der Waals surface area contributed by atoms with Crippen molar-refractivity contribution >= 4 is 23.5 Å². The SMILES string of the molecule is CC(OC(=O)Cc1ccccc1)C(=O)Nc1ccc(C(N)=O)cc1. The van der Waals surface area contributed by atoms with Crippen molar-refractivity contribution < 1.29 is 19.1 Å². The van der Waals surface area contributed by atoms with Gasteiger partial charge in [-0.3, -0.25) is 14.4 Å². The van der Waals surface area contributed by atoms with E-state index in [-0.39, 0.29) is 6.42 Å². The number of carbonyl (C=O) groups is 3. The zero-order valence-electron chi connectivity index (χ0n) is 13.2. The van der Waals surface area contributed by atoms with Crippen LogP contribution >= 0.6 is 0 Å². The van der Waals surface area contributed by atoms with E-state index in [9.17, 15) is 14.4 Å². The molecule has 6 nitrogen and oxygen atoms in total. The van der Waals surface area contributed by atoms with Gasteiger partial charge in [-0.05, 0) is 36.8 Å². The molecule has 2 amide bonds. The number of rotatable bonds is 6. The molecule has 0 heterocycles. The zero-order chi connectivity index (χ0) is 17.5. The fourth-order valence-electron chi connectivity index (χ4n) is 2.02. The van der Waals surface area contributed by atoms with E-state index < -0.39 is 23.9 Å². The Kier molecular flexibility index (Phi) is 5.68. The second kappa shape index (κ2) is 7.92. The van der Waals surface area contributed by atoms with E-state index in [0.29, 0.717) is 11.3 Å². The maximum Gasteiger partial charge on any atom is 0.311 e. The number of benzene rings is 2. The molecule has 0 fully saturated rings. The van der Waals surface area contributed by atoms with Crippen LogP contribution in [-0.4, -0.2) is 23.9 Å². The molecule has 0 saturated heterocycles. The van der Waals surface area contributed by atoms with Crippen molar-refractivity contribution in [3.05, 3.63) is 65.7 Å². The number of nitrogens with two attached hydrogens (primary N) is 1. The number of esters is 1. The van der Waals surface area contributed by atoms with Crippen LogP contribution in [0.25, 0.3) is 0 Å². The summed E-state index contributed by atoms with van der Waals surface area (Å²) < 4.78 is 5.13. The number of anilines is 1. The maximum absolute atomic E-state index is 12.0. The molecule has 1 atom stereocenters. The molecular weight excluding hydrogens is 308 g/mol. The number of amides is 2. The quantitative estimate of drug-likeness (QED) is 0.792. The Morgan fingerprint density at radius 2 is 1.67 bits per heavy atom. The van der Waals surface area contributed by atoms with Crippen LogP contribution in [0.15, 0.2) is 54.6 Å². The number of carbonyl (C=O) groups excluding carboxylic acids is 3. The Morgan fingerprint density at radius 3 is 2.25 bits per heavy atom. The minimum atomic E-state index is -0.933. The van der Waals surface area contributed by atoms with Crippen molar-refractivity contribution in [2.24, 2.45) is 5.73 Å². The summed E-state index contributed by atoms with van der Waals surface area (Å²) in [5.41, 5.74) is 6.79. The van der Waals surface area contributed by atoms with Gasteiger partial charge in [-0.15, -0.1) is 0 Å². The summed E-state index contributed by atoms with van der Waals surface area (Å²) in [5, 5.41) is 2.61. The van der Waals surface area contributed by atoms with Crippen LogP contribution in [0.3, 0.4) is 0 Å². The predicted molar refractivity (Wildman–Crippen MR) is 89.3 cm³/mol. The van der Waals surface area contributed by atoms with Crippen LogP contribution in [0.1, 0.15) is 22.8 Å². The lowest BCUT2D eigenvalue weighted by atomic mass is 10.1. The first kappa shape index (κ1) is 17.2. The fraction of sp³-hybridized carbons (Fsp3) is 0.167. The molecule has 0 aromatic heterocycles. The van der Waals surface area contributed by atoms with E-state index in [1.54, 1.807) is 12.1 Å². The van der Waals surface area contributed by atoms with Crippen LogP contribution in [0.4, 0.5) is 5.69 Å². The van der Waals surface area contributed by atoms with Crippen molar-refractivity contribution in [2.75, 3.05) is 5.32 Å². The van der Waals surface area contributed by atoms with Gasteiger partial charge in [-0.25, -0.2) is 0 Å². The van der Waals surface area contributed by atoms with Crippen LogP contribution in [0.5, 0.6) is 0 Å². The zero-order valence-corrected chi connectivity index (χ0v) is 13.2. The second-order valence-electron chi connectivity index (χ2n) is 5.23. The summed E-state index contributed by atoms with van der Waals surface area (Å²) in [6, 6.07) is 15.2. The van der Waals surface area contributed by atoms with Gasteiger partial charge in [0.25, 0.3) is 5.91 Å². The van der Waals surface area contributed by atoms with Crippen molar-refractivity contribution in [1.29, 1.82) is 0 Å². The predicted octanol–water partition coefficient (Wildman–Crippen LogP) is 1.90. The monoisotopic (exact) mass is 326 g/mol. The van der Waals surface area contributed by atoms with Gasteiger partial charge in [-0.1, -0.05) is 30.3 Å². The van der Waals surface area contributed by atoms with Crippen molar-refractivity contribution in [2.45, 2.75) is 19.4 Å². The molecule has 124 valence electrons. The van der Waals surface area contributed by atoms with Crippen molar-refractivity contribution in [3.8, 4) is 0 Å². The van der Waals surface area contributed by atoms with Gasteiger partial charge in [0.2, 0.25) is 5.91 Å². The second-order valence-corrected chi connectivity index (χ2v) is 5.23. The van der Waals surface area contributed by atoms with Gasteiger partial charge in [0, 0.05) is 11.3 Å². The minimum absolute atomic E-state index is 0.103. The lowest BCUT2D eigenvalue weighted by molar-refractivity contribution is -0.152. The van der Waals surface area contributed by atoms with E-state index in [0.717, 1.165) is 5.56 Å². The summed E-state index contributed by atoms with van der Waals surface area (Å²) in [7, 11) is 0. The summed E-state index contributed by atoms with van der Waals surface area (Å²) in [6.07, 6.45) is -0.830. The third kappa shape index (κ3) is 4.95. The highest BCUT2D eigenvalue weighted by atomic mass is 16.5. The number of primary amides is 1. The van der Waals surface area contributed by atoms with Crippen molar-refractivity contribution in [3.63, 3.8) is 0 Å². The number of hydrogen-bond acceptors (Lipinski definition) is 4. The Hall–Kier alpha value is -3.15. The summed E-state index contributed by atoms with van der Waals surface area (Å²) in [5.74, 6) is -1.48. The largest absolute Gasteiger partial charge is 0.452 e. The number of nitrogens with one attached hydrogen (secondary N) is 1.